The molecule has 0 aromatic rings. The first-order valence-electron chi connectivity index (χ1n) is 3.98. The molecule has 0 bridgehead atoms. The number of carbonyl (C=O) groups is 2. The van der Waals surface area contributed by atoms with Gasteiger partial charge in [-0.1, -0.05) is 12.7 Å². The van der Waals surface area contributed by atoms with Crippen molar-refractivity contribution >= 4 is 11.9 Å². The van der Waals surface area contributed by atoms with E-state index in [1.54, 1.807) is 13.8 Å². The zero-order chi connectivity index (χ0) is 10.1. The molecule has 4 nitrogen and oxygen atoms in total. The summed E-state index contributed by atoms with van der Waals surface area (Å²) in [6.45, 7) is 6.85. The molecule has 1 unspecified atom stereocenters. The third-order valence-corrected chi connectivity index (χ3v) is 1.96. The lowest BCUT2D eigenvalue weighted by molar-refractivity contribution is -0.211. The summed E-state index contributed by atoms with van der Waals surface area (Å²) in [5.74, 6) is -0.877. The molecule has 0 spiro atoms. The van der Waals surface area contributed by atoms with Crippen LogP contribution in [-0.2, 0) is 19.1 Å². The molecule has 1 rings (SSSR count). The van der Waals surface area contributed by atoms with Gasteiger partial charge in [0.25, 0.3) is 0 Å². The number of ether oxygens (including phenoxy) is 2. The normalized spacial score (nSPS) is 24.2. The molecule has 0 amide bonds. The zero-order valence-electron chi connectivity index (χ0n) is 7.70. The maximum atomic E-state index is 11.2. The number of hydrogen-bond donors (Lipinski definition) is 0. The first-order chi connectivity index (χ1) is 6.00. The van der Waals surface area contributed by atoms with Crippen molar-refractivity contribution in [2.24, 2.45) is 5.41 Å². The number of esters is 2. The number of cyclic esters (lactones) is 1. The van der Waals surface area contributed by atoms with Crippen LogP contribution in [0, 0.1) is 5.41 Å². The summed E-state index contributed by atoms with van der Waals surface area (Å²) in [5.41, 5.74) is -0.752. The molecule has 0 aromatic heterocycles. The predicted molar refractivity (Wildman–Crippen MR) is 44.8 cm³/mol. The van der Waals surface area contributed by atoms with Crippen molar-refractivity contribution in [3.05, 3.63) is 12.7 Å². The maximum Gasteiger partial charge on any atom is 0.348 e. The van der Waals surface area contributed by atoms with Gasteiger partial charge >= 0.3 is 11.9 Å². The molecule has 0 saturated carbocycles. The fourth-order valence-electron chi connectivity index (χ4n) is 1.01. The van der Waals surface area contributed by atoms with Crippen molar-refractivity contribution in [1.29, 1.82) is 0 Å². The quantitative estimate of drug-likeness (QED) is 0.477. The fraction of sp³-hybridized carbons (Fsp3) is 0.556. The van der Waals surface area contributed by atoms with Crippen molar-refractivity contribution in [2.45, 2.75) is 20.0 Å². The highest BCUT2D eigenvalue weighted by atomic mass is 16.6. The van der Waals surface area contributed by atoms with E-state index < -0.39 is 17.5 Å². The van der Waals surface area contributed by atoms with E-state index >= 15 is 0 Å². The molecular formula is C9H12O4. The van der Waals surface area contributed by atoms with Crippen LogP contribution in [0.4, 0.5) is 0 Å². The van der Waals surface area contributed by atoms with Crippen molar-refractivity contribution in [3.63, 3.8) is 0 Å². The Morgan fingerprint density at radius 2 is 2.38 bits per heavy atom. The van der Waals surface area contributed by atoms with Gasteiger partial charge in [0.1, 0.15) is 12.0 Å². The standard InChI is InChI=1S/C9H12O4/c1-4-5-12-7(10)6-9(2,3)8(11)13-6/h4,6H,1,5H2,2-3H3. The van der Waals surface area contributed by atoms with Crippen LogP contribution in [0.25, 0.3) is 0 Å². The van der Waals surface area contributed by atoms with Crippen LogP contribution in [0.1, 0.15) is 13.8 Å². The van der Waals surface area contributed by atoms with Crippen LogP contribution in [0.5, 0.6) is 0 Å². The van der Waals surface area contributed by atoms with Crippen molar-refractivity contribution in [2.75, 3.05) is 6.61 Å². The lowest BCUT2D eigenvalue weighted by Gasteiger charge is -2.39. The highest BCUT2D eigenvalue weighted by Gasteiger charge is 2.55. The highest BCUT2D eigenvalue weighted by molar-refractivity contribution is 5.94. The van der Waals surface area contributed by atoms with Crippen LogP contribution >= 0.6 is 0 Å². The van der Waals surface area contributed by atoms with Crippen molar-refractivity contribution in [1.82, 2.24) is 0 Å². The van der Waals surface area contributed by atoms with E-state index in [9.17, 15) is 9.59 Å². The highest BCUT2D eigenvalue weighted by Crippen LogP contribution is 2.35. The van der Waals surface area contributed by atoms with Crippen molar-refractivity contribution < 1.29 is 19.1 Å². The first-order valence-corrected chi connectivity index (χ1v) is 3.98. The second-order valence-corrected chi connectivity index (χ2v) is 3.43. The number of carbonyl (C=O) groups excluding carboxylic acids is 2. The van der Waals surface area contributed by atoms with E-state index in [0.29, 0.717) is 0 Å². The van der Waals surface area contributed by atoms with Gasteiger partial charge in [-0.2, -0.15) is 0 Å². The monoisotopic (exact) mass is 184 g/mol. The first kappa shape index (κ1) is 9.77. The zero-order valence-corrected chi connectivity index (χ0v) is 7.70. The van der Waals surface area contributed by atoms with Crippen LogP contribution in [0.2, 0.25) is 0 Å². The third kappa shape index (κ3) is 1.56. The lowest BCUT2D eigenvalue weighted by Crippen LogP contribution is -2.57. The summed E-state index contributed by atoms with van der Waals surface area (Å²) in [6.07, 6.45) is 0.700. The molecule has 72 valence electrons. The lowest BCUT2D eigenvalue weighted by atomic mass is 9.81. The summed E-state index contributed by atoms with van der Waals surface area (Å²) in [5, 5.41) is 0. The molecule has 0 aromatic carbocycles. The van der Waals surface area contributed by atoms with E-state index in [0.717, 1.165) is 0 Å². The molecule has 0 aliphatic carbocycles. The molecule has 1 saturated heterocycles. The van der Waals surface area contributed by atoms with Crippen molar-refractivity contribution in [3.8, 4) is 0 Å². The summed E-state index contributed by atoms with van der Waals surface area (Å²) < 4.78 is 9.41. The molecule has 1 heterocycles. The molecule has 13 heavy (non-hydrogen) atoms. The summed E-state index contributed by atoms with van der Waals surface area (Å²) in [4.78, 5) is 22.1. The van der Waals surface area contributed by atoms with Gasteiger partial charge in [-0.05, 0) is 13.8 Å². The predicted octanol–water partition coefficient (Wildman–Crippen LogP) is 0.667. The van der Waals surface area contributed by atoms with Crippen LogP contribution in [0.15, 0.2) is 12.7 Å². The SMILES string of the molecule is C=CCOC(=O)C1OC(=O)C1(C)C. The second kappa shape index (κ2) is 3.20. The van der Waals surface area contributed by atoms with E-state index in [1.807, 2.05) is 0 Å². The Hall–Kier alpha value is -1.32. The Balaban J connectivity index is 2.51. The van der Waals surface area contributed by atoms with Gasteiger partial charge in [-0.25, -0.2) is 4.79 Å². The molecule has 1 atom stereocenters. The number of hydrogen-bond acceptors (Lipinski definition) is 4. The van der Waals surface area contributed by atoms with Gasteiger partial charge in [0.05, 0.1) is 0 Å². The Morgan fingerprint density at radius 1 is 1.77 bits per heavy atom. The molecule has 1 aliphatic heterocycles. The molecule has 0 radical (unpaired) electrons. The van der Waals surface area contributed by atoms with Crippen LogP contribution in [-0.4, -0.2) is 24.6 Å². The Morgan fingerprint density at radius 3 is 2.77 bits per heavy atom. The Kier molecular flexibility index (Phi) is 2.40. The maximum absolute atomic E-state index is 11.2. The smallest absolute Gasteiger partial charge is 0.348 e. The van der Waals surface area contributed by atoms with Crippen LogP contribution < -0.4 is 0 Å². The topological polar surface area (TPSA) is 52.6 Å². The molecule has 1 fully saturated rings. The minimum atomic E-state index is -0.764. The largest absolute Gasteiger partial charge is 0.459 e. The molecule has 4 heteroatoms. The average Bonchev–Trinajstić information content (AvgIpc) is 2.10. The minimum Gasteiger partial charge on any atom is -0.459 e. The Labute approximate surface area is 76.5 Å². The van der Waals surface area contributed by atoms with Gasteiger partial charge in [0.2, 0.25) is 6.10 Å². The summed E-state index contributed by atoms with van der Waals surface area (Å²) >= 11 is 0. The molecule has 0 N–H and O–H groups in total. The Bertz CT molecular complexity index is 254. The van der Waals surface area contributed by atoms with Gasteiger partial charge in [0, 0.05) is 0 Å². The van der Waals surface area contributed by atoms with Gasteiger partial charge in [0.15, 0.2) is 0 Å². The van der Waals surface area contributed by atoms with Gasteiger partial charge < -0.3 is 9.47 Å². The van der Waals surface area contributed by atoms with Gasteiger partial charge in [-0.3, -0.25) is 4.79 Å². The summed E-state index contributed by atoms with van der Waals surface area (Å²) in [6, 6.07) is 0. The van der Waals surface area contributed by atoms with E-state index in [-0.39, 0.29) is 12.6 Å². The van der Waals surface area contributed by atoms with Gasteiger partial charge in [-0.15, -0.1) is 0 Å². The summed E-state index contributed by atoms with van der Waals surface area (Å²) in [7, 11) is 0. The fourth-order valence-corrected chi connectivity index (χ4v) is 1.01. The van der Waals surface area contributed by atoms with E-state index in [2.05, 4.69) is 11.3 Å². The molecule has 1 aliphatic rings. The third-order valence-electron chi connectivity index (χ3n) is 1.96. The van der Waals surface area contributed by atoms with Crippen LogP contribution in [0.3, 0.4) is 0 Å². The number of rotatable bonds is 3. The second-order valence-electron chi connectivity index (χ2n) is 3.43. The van der Waals surface area contributed by atoms with E-state index in [4.69, 9.17) is 4.74 Å². The average molecular weight is 184 g/mol. The minimum absolute atomic E-state index is 0.142. The molecular weight excluding hydrogens is 172 g/mol. The van der Waals surface area contributed by atoms with E-state index in [1.165, 1.54) is 6.08 Å².